The number of nitrogens with zero attached hydrogens (tertiary/aromatic N) is 2. The summed E-state index contributed by atoms with van der Waals surface area (Å²) in [5.74, 6) is -3.98. The van der Waals surface area contributed by atoms with Crippen LogP contribution in [0.4, 0.5) is 0 Å². The molecule has 3 saturated heterocycles. The van der Waals surface area contributed by atoms with Gasteiger partial charge in [-0.2, -0.15) is 0 Å². The number of alkyl halides is 1. The fraction of sp³-hybridized carbons (Fsp3) is 0.773. The van der Waals surface area contributed by atoms with Crippen molar-refractivity contribution < 1.29 is 29.3 Å². The Hall–Kier alpha value is -1.45. The molecule has 8 nitrogen and oxygen atoms in total. The minimum absolute atomic E-state index is 0.137. The molecule has 0 saturated carbocycles. The molecular weight excluding hydrogens is 468 g/mol. The van der Waals surface area contributed by atoms with Crippen molar-refractivity contribution in [2.75, 3.05) is 13.2 Å². The van der Waals surface area contributed by atoms with Gasteiger partial charge in [0.25, 0.3) is 0 Å². The average molecular weight is 501 g/mol. The van der Waals surface area contributed by atoms with Crippen LogP contribution in [0, 0.1) is 17.8 Å². The first-order chi connectivity index (χ1) is 14.3. The number of hydrogen-bond donors (Lipinski definition) is 2. The molecule has 0 aliphatic carbocycles. The van der Waals surface area contributed by atoms with E-state index in [1.165, 1.54) is 4.90 Å². The molecule has 2 N–H and O–H groups in total. The van der Waals surface area contributed by atoms with Crippen molar-refractivity contribution in [3.8, 4) is 0 Å². The van der Waals surface area contributed by atoms with Gasteiger partial charge in [-0.15, -0.1) is 6.58 Å². The zero-order valence-corrected chi connectivity index (χ0v) is 20.3. The number of carboxylic acids is 1. The van der Waals surface area contributed by atoms with E-state index in [1.54, 1.807) is 11.0 Å². The van der Waals surface area contributed by atoms with E-state index in [0.717, 1.165) is 0 Å². The zero-order valence-electron chi connectivity index (χ0n) is 18.7. The maximum atomic E-state index is 14.0. The number of rotatable bonds is 7. The Bertz CT molecular complexity index is 780. The van der Waals surface area contributed by atoms with Gasteiger partial charge in [0.2, 0.25) is 11.8 Å². The lowest BCUT2D eigenvalue weighted by molar-refractivity contribution is -0.156. The Morgan fingerprint density at radius 1 is 1.42 bits per heavy atom. The predicted octanol–water partition coefficient (Wildman–Crippen LogP) is 1.65. The quantitative estimate of drug-likeness (QED) is 0.406. The van der Waals surface area contributed by atoms with Crippen LogP contribution in [0.3, 0.4) is 0 Å². The lowest BCUT2D eigenvalue weighted by atomic mass is 9.70. The molecule has 1 spiro atoms. The topological polar surface area (TPSA) is 107 Å². The van der Waals surface area contributed by atoms with Crippen molar-refractivity contribution in [3.05, 3.63) is 12.7 Å². The third-order valence-corrected chi connectivity index (χ3v) is 7.79. The molecule has 3 unspecified atom stereocenters. The molecule has 0 aromatic rings. The van der Waals surface area contributed by atoms with Crippen LogP contribution in [0.1, 0.15) is 41.0 Å². The summed E-state index contributed by atoms with van der Waals surface area (Å²) in [5.41, 5.74) is -1.80. The second-order valence-electron chi connectivity index (χ2n) is 10.1. The maximum Gasteiger partial charge on any atom is 0.310 e. The molecule has 2 amide bonds. The van der Waals surface area contributed by atoms with Crippen molar-refractivity contribution >= 4 is 33.7 Å². The summed E-state index contributed by atoms with van der Waals surface area (Å²) >= 11 is 3.53. The van der Waals surface area contributed by atoms with Gasteiger partial charge in [0.1, 0.15) is 11.6 Å². The summed E-state index contributed by atoms with van der Waals surface area (Å²) < 4.78 is 6.27. The van der Waals surface area contributed by atoms with E-state index in [4.69, 9.17) is 4.74 Å². The Balaban J connectivity index is 2.18. The van der Waals surface area contributed by atoms with E-state index in [0.29, 0.717) is 6.42 Å². The van der Waals surface area contributed by atoms with Gasteiger partial charge in [0.05, 0.1) is 30.6 Å². The minimum Gasteiger partial charge on any atom is -0.481 e. The van der Waals surface area contributed by atoms with Gasteiger partial charge >= 0.3 is 5.97 Å². The molecule has 0 aromatic heterocycles. The van der Waals surface area contributed by atoms with Crippen molar-refractivity contribution in [1.29, 1.82) is 0 Å². The van der Waals surface area contributed by atoms with E-state index < -0.39 is 53.0 Å². The molecule has 3 heterocycles. The number of likely N-dealkylation sites (tertiary alicyclic amines) is 1. The van der Waals surface area contributed by atoms with Gasteiger partial charge in [-0.1, -0.05) is 35.9 Å². The largest absolute Gasteiger partial charge is 0.481 e. The second kappa shape index (κ2) is 8.15. The van der Waals surface area contributed by atoms with Gasteiger partial charge in [-0.3, -0.25) is 14.4 Å². The maximum absolute atomic E-state index is 14.0. The number of hydrogen-bond acceptors (Lipinski definition) is 5. The first-order valence-corrected chi connectivity index (χ1v) is 11.6. The molecule has 0 aromatic carbocycles. The Labute approximate surface area is 191 Å². The molecule has 3 aliphatic heterocycles. The molecular formula is C22H33BrN2O6. The lowest BCUT2D eigenvalue weighted by Gasteiger charge is -2.44. The summed E-state index contributed by atoms with van der Waals surface area (Å²) in [6, 6.07) is -1.64. The molecule has 174 valence electrons. The molecule has 0 radical (unpaired) electrons. The van der Waals surface area contributed by atoms with Crippen LogP contribution in [-0.4, -0.2) is 85.1 Å². The fourth-order valence-electron chi connectivity index (χ4n) is 5.58. The Kier molecular flexibility index (Phi) is 6.37. The molecule has 3 aliphatic rings. The normalized spacial score (nSPS) is 35.4. The van der Waals surface area contributed by atoms with Crippen molar-refractivity contribution in [2.45, 2.75) is 75.2 Å². The summed E-state index contributed by atoms with van der Waals surface area (Å²) in [6.45, 7) is 13.1. The number of halogens is 1. The fourth-order valence-corrected chi connectivity index (χ4v) is 6.52. The van der Waals surface area contributed by atoms with Crippen LogP contribution in [0.2, 0.25) is 0 Å². The molecule has 3 rings (SSSR count). The Morgan fingerprint density at radius 3 is 2.48 bits per heavy atom. The van der Waals surface area contributed by atoms with E-state index in [2.05, 4.69) is 22.5 Å². The first kappa shape index (κ1) is 24.2. The highest BCUT2D eigenvalue weighted by Crippen LogP contribution is 2.60. The number of amides is 2. The highest BCUT2D eigenvalue weighted by molar-refractivity contribution is 9.09. The Morgan fingerprint density at radius 2 is 2.03 bits per heavy atom. The van der Waals surface area contributed by atoms with Gasteiger partial charge in [-0.25, -0.2) is 0 Å². The van der Waals surface area contributed by atoms with Crippen molar-refractivity contribution in [1.82, 2.24) is 9.80 Å². The SMILES string of the molecule is C=CCN(C(=O)C1N([C@@H](CO)C(C)C)C(=O)[C@@H]2[C@H](C(=O)O)[C@H]3OC12CC3Br)C(C)(C)C. The molecule has 3 fully saturated rings. The van der Waals surface area contributed by atoms with Crippen LogP contribution >= 0.6 is 15.9 Å². The van der Waals surface area contributed by atoms with Gasteiger partial charge in [-0.05, 0) is 33.1 Å². The first-order valence-electron chi connectivity index (χ1n) is 10.7. The molecule has 7 atom stereocenters. The number of carboxylic acid groups (broad SMARTS) is 1. The smallest absolute Gasteiger partial charge is 0.310 e. The zero-order chi connectivity index (χ0) is 23.5. The van der Waals surface area contributed by atoms with Crippen molar-refractivity contribution in [2.24, 2.45) is 17.8 Å². The third-order valence-electron chi connectivity index (χ3n) is 6.95. The van der Waals surface area contributed by atoms with Crippen LogP contribution in [-0.2, 0) is 19.1 Å². The van der Waals surface area contributed by atoms with Crippen LogP contribution < -0.4 is 0 Å². The van der Waals surface area contributed by atoms with Crippen LogP contribution in [0.25, 0.3) is 0 Å². The lowest BCUT2D eigenvalue weighted by Crippen LogP contribution is -2.62. The van der Waals surface area contributed by atoms with Gasteiger partial charge in [0.15, 0.2) is 0 Å². The monoisotopic (exact) mass is 500 g/mol. The summed E-state index contributed by atoms with van der Waals surface area (Å²) in [6.07, 6.45) is 1.30. The number of aliphatic carboxylic acids is 1. The summed E-state index contributed by atoms with van der Waals surface area (Å²) in [4.78, 5) is 42.7. The third kappa shape index (κ3) is 3.53. The molecule has 9 heteroatoms. The van der Waals surface area contributed by atoms with Gasteiger partial charge < -0.3 is 24.7 Å². The van der Waals surface area contributed by atoms with Crippen molar-refractivity contribution in [3.63, 3.8) is 0 Å². The number of carbonyl (C=O) groups excluding carboxylic acids is 2. The highest BCUT2D eigenvalue weighted by Gasteiger charge is 2.77. The molecule has 2 bridgehead atoms. The number of aliphatic hydroxyl groups is 1. The van der Waals surface area contributed by atoms with E-state index in [1.807, 2.05) is 34.6 Å². The standard InChI is InChI=1S/C22H33BrN2O6/c1-7-8-24(21(4,5)6)19(28)17-22-9-12(23)16(31-22)14(20(29)30)15(22)18(27)25(17)13(10-26)11(2)3/h7,11-17,26H,1,8-10H2,2-6H3,(H,29,30)/t12?,13-,14-,15-,16-,17?,22?/m0/s1. The second-order valence-corrected chi connectivity index (χ2v) is 11.3. The van der Waals surface area contributed by atoms with Gasteiger partial charge in [0, 0.05) is 16.9 Å². The number of carbonyl (C=O) groups is 3. The highest BCUT2D eigenvalue weighted by atomic mass is 79.9. The van der Waals surface area contributed by atoms with E-state index >= 15 is 0 Å². The molecule has 31 heavy (non-hydrogen) atoms. The average Bonchev–Trinajstić information content (AvgIpc) is 3.23. The predicted molar refractivity (Wildman–Crippen MR) is 118 cm³/mol. The van der Waals surface area contributed by atoms with Crippen LogP contribution in [0.15, 0.2) is 12.7 Å². The van der Waals surface area contributed by atoms with E-state index in [9.17, 15) is 24.6 Å². The van der Waals surface area contributed by atoms with Crippen LogP contribution in [0.5, 0.6) is 0 Å². The summed E-state index contributed by atoms with van der Waals surface area (Å²) in [7, 11) is 0. The number of ether oxygens (including phenoxy) is 1. The number of aliphatic hydroxyl groups excluding tert-OH is 1. The van der Waals surface area contributed by atoms with E-state index in [-0.39, 0.29) is 29.8 Å². The minimum atomic E-state index is -1.25. The number of fused-ring (bicyclic) bond motifs is 1. The summed E-state index contributed by atoms with van der Waals surface area (Å²) in [5, 5.41) is 20.1.